The number of rotatable bonds is 7. The molecule has 2 heteroatoms. The van der Waals surface area contributed by atoms with Crippen LogP contribution in [0.25, 0.3) is 88.3 Å². The zero-order valence-corrected chi connectivity index (χ0v) is 47.0. The number of benzene rings is 13. The average Bonchev–Trinajstić information content (AvgIpc) is 4.04. The minimum atomic E-state index is -2.93. The van der Waals surface area contributed by atoms with Crippen molar-refractivity contribution in [3.63, 3.8) is 0 Å². The summed E-state index contributed by atoms with van der Waals surface area (Å²) in [7, 11) is -5.85. The molecule has 0 nitrogen and oxygen atoms in total. The molecule has 0 unspecified atom stereocenters. The van der Waals surface area contributed by atoms with Gasteiger partial charge in [0, 0.05) is 5.41 Å². The molecule has 0 saturated heterocycles. The molecule has 13 aromatic rings. The molecule has 17 rings (SSSR count). The molecule has 2 aliphatic carbocycles. The van der Waals surface area contributed by atoms with Crippen molar-refractivity contribution < 1.29 is 0 Å². The van der Waals surface area contributed by atoms with Gasteiger partial charge < -0.3 is 0 Å². The van der Waals surface area contributed by atoms with Gasteiger partial charge in [0.15, 0.2) is 16.1 Å². The van der Waals surface area contributed by atoms with Crippen molar-refractivity contribution in [3.05, 3.63) is 302 Å². The van der Waals surface area contributed by atoms with E-state index < -0.39 is 16.1 Å². The summed E-state index contributed by atoms with van der Waals surface area (Å²) < 4.78 is 0. The highest BCUT2D eigenvalue weighted by molar-refractivity contribution is 7.23. The van der Waals surface area contributed by atoms with Crippen LogP contribution in [0.15, 0.2) is 291 Å². The van der Waals surface area contributed by atoms with Crippen LogP contribution in [0.1, 0.15) is 36.8 Å². The quantitative estimate of drug-likeness (QED) is 0.110. The molecule has 13 aromatic carbocycles. The van der Waals surface area contributed by atoms with Crippen molar-refractivity contribution in [1.29, 1.82) is 0 Å². The summed E-state index contributed by atoms with van der Waals surface area (Å²) in [5.74, 6) is 0. The molecule has 2 aliphatic heterocycles. The number of fused-ring (bicyclic) bond motifs is 13. The van der Waals surface area contributed by atoms with Crippen LogP contribution >= 0.6 is 0 Å². The predicted molar refractivity (Wildman–Crippen MR) is 348 cm³/mol. The van der Waals surface area contributed by atoms with Crippen molar-refractivity contribution in [2.45, 2.75) is 31.1 Å². The van der Waals surface area contributed by atoms with Crippen LogP contribution in [0.3, 0.4) is 0 Å². The van der Waals surface area contributed by atoms with Crippen molar-refractivity contribution in [2.75, 3.05) is 0 Å². The van der Waals surface area contributed by atoms with Gasteiger partial charge in [0.1, 0.15) is 0 Å². The fourth-order valence-electron chi connectivity index (χ4n) is 16.6. The summed E-state index contributed by atoms with van der Waals surface area (Å²) in [6.45, 7) is 0. The number of hydrogen-bond donors (Lipinski definition) is 0. The Hall–Kier alpha value is -9.19. The highest BCUT2D eigenvalue weighted by atomic mass is 28.3. The maximum Gasteiger partial charge on any atom is 0.181 e. The fourth-order valence-corrected chi connectivity index (χ4v) is 27.4. The van der Waals surface area contributed by atoms with Gasteiger partial charge in [-0.05, 0) is 160 Å². The van der Waals surface area contributed by atoms with E-state index in [0.29, 0.717) is 0 Å². The minimum Gasteiger partial charge on any atom is -0.0623 e. The summed E-state index contributed by atoms with van der Waals surface area (Å²) in [5.41, 5.74) is 19.1. The lowest BCUT2D eigenvalue weighted by molar-refractivity contribution is 0.550. The Labute approximate surface area is 476 Å². The second-order valence-corrected chi connectivity index (χ2v) is 30.5. The lowest BCUT2D eigenvalue weighted by Crippen LogP contribution is -2.73. The second kappa shape index (κ2) is 17.9. The highest BCUT2D eigenvalue weighted by Crippen LogP contribution is 2.60. The number of hydrogen-bond acceptors (Lipinski definition) is 0. The van der Waals surface area contributed by atoms with Gasteiger partial charge in [0.2, 0.25) is 0 Å². The SMILES string of the molecule is c1ccc([Si]2(c3ccccc3)c3ccccc3-c3cccc(-c4cccc5c(-c6cccc7c6-c6ccccc6C76CCCC6)c6cccc(-c7cccc8c7[Si](c7ccccc7)(c7ccccc7)c7ccccc7-8)c6cc45)c32)cc1. The standard InChI is InChI=1S/C79H56Si2/c1-5-26-53(27-6-1)80(54-28-7-2-8-29-54)73-48-17-14-34-59(73)65-43-23-41-63(77(65)80)57-37-21-39-61-69(57)52-70-58(38-22-40-62(70)75(61)68-45-25-47-72-76(68)67-36-13-16-46-71(67)79(72)50-19-20-51-79)64-42-24-44-66-60-35-15-18-49-74(60)81(78(64)66,55-30-9-3-10-31-55)56-32-11-4-12-33-56/h1-18,21-49,52H,19-20,50-51H2. The molecule has 4 aliphatic rings. The molecule has 0 atom stereocenters. The molecule has 0 amide bonds. The van der Waals surface area contributed by atoms with E-state index in [4.69, 9.17) is 0 Å². The minimum absolute atomic E-state index is 0.0313. The van der Waals surface area contributed by atoms with E-state index in [1.807, 2.05) is 0 Å². The van der Waals surface area contributed by atoms with Gasteiger partial charge in [-0.15, -0.1) is 0 Å². The Morgan fingerprint density at radius 2 is 0.568 bits per heavy atom. The maximum absolute atomic E-state index is 2.93. The normalized spacial score (nSPS) is 15.3. The van der Waals surface area contributed by atoms with Crippen molar-refractivity contribution in [3.8, 4) is 66.8 Å². The summed E-state index contributed by atoms with van der Waals surface area (Å²) in [6.07, 6.45) is 4.89. The molecule has 1 spiro atoms. The summed E-state index contributed by atoms with van der Waals surface area (Å²) in [4.78, 5) is 0. The van der Waals surface area contributed by atoms with E-state index in [9.17, 15) is 0 Å². The second-order valence-electron chi connectivity index (χ2n) is 23.1. The van der Waals surface area contributed by atoms with Crippen LogP contribution in [0.2, 0.25) is 0 Å². The third kappa shape index (κ3) is 6.29. The Kier molecular flexibility index (Phi) is 10.3. The van der Waals surface area contributed by atoms with E-state index in [0.717, 1.165) is 0 Å². The van der Waals surface area contributed by atoms with Crippen LogP contribution in [0, 0.1) is 0 Å². The van der Waals surface area contributed by atoms with E-state index >= 15 is 0 Å². The molecule has 81 heavy (non-hydrogen) atoms. The largest absolute Gasteiger partial charge is 0.181 e. The lowest BCUT2D eigenvalue weighted by Gasteiger charge is -2.33. The first-order chi connectivity index (χ1) is 40.2. The molecule has 0 bridgehead atoms. The molecule has 0 radical (unpaired) electrons. The molecule has 1 fully saturated rings. The predicted octanol–water partition coefficient (Wildman–Crippen LogP) is 14.6. The Balaban J connectivity index is 1.02. The topological polar surface area (TPSA) is 0 Å². The van der Waals surface area contributed by atoms with Crippen LogP contribution in [0.5, 0.6) is 0 Å². The first-order valence-corrected chi connectivity index (χ1v) is 33.1. The zero-order chi connectivity index (χ0) is 53.3. The van der Waals surface area contributed by atoms with Gasteiger partial charge in [0.05, 0.1) is 0 Å². The summed E-state index contributed by atoms with van der Waals surface area (Å²) in [5, 5.41) is 16.7. The van der Waals surface area contributed by atoms with E-state index in [2.05, 4.69) is 291 Å². The maximum atomic E-state index is 2.62. The molecule has 2 heterocycles. The Morgan fingerprint density at radius 3 is 1.04 bits per heavy atom. The lowest BCUT2D eigenvalue weighted by atomic mass is 9.76. The summed E-state index contributed by atoms with van der Waals surface area (Å²) >= 11 is 0. The third-order valence-electron chi connectivity index (χ3n) is 19.6. The monoisotopic (exact) mass is 1060 g/mol. The zero-order valence-electron chi connectivity index (χ0n) is 45.0. The smallest absolute Gasteiger partial charge is 0.0623 e. The van der Waals surface area contributed by atoms with Crippen molar-refractivity contribution >= 4 is 79.2 Å². The first-order valence-electron chi connectivity index (χ1n) is 29.1. The first kappa shape index (κ1) is 46.7. The Morgan fingerprint density at radius 1 is 0.235 bits per heavy atom. The van der Waals surface area contributed by atoms with Crippen LogP contribution in [0.4, 0.5) is 0 Å². The molecule has 380 valence electrons. The van der Waals surface area contributed by atoms with Crippen LogP contribution in [-0.2, 0) is 5.41 Å². The van der Waals surface area contributed by atoms with E-state index in [-0.39, 0.29) is 5.41 Å². The van der Waals surface area contributed by atoms with Gasteiger partial charge in [-0.3, -0.25) is 0 Å². The molecule has 0 N–H and O–H groups in total. The molecular formula is C79H56Si2. The van der Waals surface area contributed by atoms with E-state index in [1.54, 1.807) is 0 Å². The van der Waals surface area contributed by atoms with Crippen LogP contribution in [-0.4, -0.2) is 16.1 Å². The van der Waals surface area contributed by atoms with Gasteiger partial charge in [-0.2, -0.15) is 0 Å². The molecule has 0 aromatic heterocycles. The summed E-state index contributed by atoms with van der Waals surface area (Å²) in [6, 6.07) is 113. The van der Waals surface area contributed by atoms with Gasteiger partial charge in [0.25, 0.3) is 0 Å². The Bertz CT molecular complexity index is 4370. The highest BCUT2D eigenvalue weighted by Gasteiger charge is 2.52. The molecular weight excluding hydrogens is 1010 g/mol. The van der Waals surface area contributed by atoms with Gasteiger partial charge >= 0.3 is 0 Å². The fraction of sp³-hybridized carbons (Fsp3) is 0.0633. The van der Waals surface area contributed by atoms with Crippen molar-refractivity contribution in [2.24, 2.45) is 0 Å². The van der Waals surface area contributed by atoms with E-state index in [1.165, 1.54) is 167 Å². The van der Waals surface area contributed by atoms with Gasteiger partial charge in [-0.25, -0.2) is 0 Å². The van der Waals surface area contributed by atoms with Gasteiger partial charge in [-0.1, -0.05) is 298 Å². The molecule has 1 saturated carbocycles. The van der Waals surface area contributed by atoms with Crippen LogP contribution < -0.4 is 41.5 Å². The average molecular weight is 1060 g/mol. The third-order valence-corrected chi connectivity index (χ3v) is 29.4. The van der Waals surface area contributed by atoms with Crippen molar-refractivity contribution in [1.82, 2.24) is 0 Å².